The second kappa shape index (κ2) is 15.8. The molecule has 1 saturated heterocycles. The fourth-order valence-electron chi connectivity index (χ4n) is 5.14. The molecule has 232 valence electrons. The van der Waals surface area contributed by atoms with Gasteiger partial charge in [-0.2, -0.15) is 0 Å². The van der Waals surface area contributed by atoms with Crippen LogP contribution in [0.3, 0.4) is 0 Å². The molecule has 4 aromatic rings. The maximum Gasteiger partial charge on any atom is 0.415 e. The quantitative estimate of drug-likeness (QED) is 0.205. The van der Waals surface area contributed by atoms with Crippen molar-refractivity contribution in [3.63, 3.8) is 0 Å². The highest BCUT2D eigenvalue weighted by molar-refractivity contribution is 5.73. The van der Waals surface area contributed by atoms with Crippen molar-refractivity contribution in [3.8, 4) is 39.5 Å². The van der Waals surface area contributed by atoms with Crippen molar-refractivity contribution in [2.24, 2.45) is 0 Å². The van der Waals surface area contributed by atoms with Crippen molar-refractivity contribution >= 4 is 11.8 Å². The molecule has 7 nitrogen and oxygen atoms in total. The minimum atomic E-state index is -0.310. The van der Waals surface area contributed by atoms with Crippen LogP contribution < -0.4 is 19.1 Å². The topological polar surface area (TPSA) is 60.5 Å². The van der Waals surface area contributed by atoms with E-state index in [2.05, 4.69) is 42.2 Å². The predicted octanol–water partition coefficient (Wildman–Crippen LogP) is 8.02. The minimum Gasteiger partial charge on any atom is -0.497 e. The number of rotatable bonds is 8. The third-order valence-corrected chi connectivity index (χ3v) is 7.79. The summed E-state index contributed by atoms with van der Waals surface area (Å²) in [5.74, 6) is 2.31. The number of nitrogens with zero attached hydrogens (tertiary/aromatic N) is 2. The summed E-state index contributed by atoms with van der Waals surface area (Å²) >= 11 is 0. The number of amides is 1. The zero-order valence-electron chi connectivity index (χ0n) is 26.8. The highest BCUT2D eigenvalue weighted by Crippen LogP contribution is 2.30. The molecule has 1 aliphatic rings. The third kappa shape index (κ3) is 8.32. The summed E-state index contributed by atoms with van der Waals surface area (Å²) in [5, 5.41) is 0. The number of hydrogen-bond donors (Lipinski definition) is 0. The molecule has 0 bridgehead atoms. The van der Waals surface area contributed by atoms with Crippen molar-refractivity contribution in [2.45, 2.75) is 27.7 Å². The molecule has 44 heavy (non-hydrogen) atoms. The lowest BCUT2D eigenvalue weighted by Gasteiger charge is -2.30. The minimum absolute atomic E-state index is 0.310. The number of hydrogen-bond acceptors (Lipinski definition) is 6. The molecule has 1 fully saturated rings. The van der Waals surface area contributed by atoms with Gasteiger partial charge in [-0.3, -0.25) is 0 Å². The van der Waals surface area contributed by atoms with Gasteiger partial charge >= 0.3 is 6.09 Å². The second-order valence-corrected chi connectivity index (χ2v) is 10.6. The van der Waals surface area contributed by atoms with Crippen LogP contribution in [0.2, 0.25) is 0 Å². The summed E-state index contributed by atoms with van der Waals surface area (Å²) in [4.78, 5) is 16.1. The second-order valence-electron chi connectivity index (χ2n) is 10.6. The average molecular weight is 597 g/mol. The van der Waals surface area contributed by atoms with Crippen molar-refractivity contribution in [1.29, 1.82) is 0 Å². The largest absolute Gasteiger partial charge is 0.497 e. The summed E-state index contributed by atoms with van der Waals surface area (Å²) in [7, 11) is 3.34. The van der Waals surface area contributed by atoms with Gasteiger partial charge in [-0.25, -0.2) is 4.79 Å². The van der Waals surface area contributed by atoms with Crippen LogP contribution in [-0.4, -0.2) is 64.6 Å². The maximum atomic E-state index is 12.0. The van der Waals surface area contributed by atoms with E-state index in [1.807, 2.05) is 75.4 Å². The Kier molecular flexibility index (Phi) is 11.7. The van der Waals surface area contributed by atoms with E-state index in [9.17, 15) is 4.79 Å². The van der Waals surface area contributed by atoms with E-state index in [1.54, 1.807) is 19.1 Å². The van der Waals surface area contributed by atoms with Gasteiger partial charge in [0.1, 0.15) is 17.2 Å². The number of carbonyl (C=O) groups is 1. The van der Waals surface area contributed by atoms with Crippen LogP contribution in [0.15, 0.2) is 84.9 Å². The molecule has 1 heterocycles. The molecule has 7 heteroatoms. The zero-order valence-corrected chi connectivity index (χ0v) is 26.8. The lowest BCUT2D eigenvalue weighted by molar-refractivity contribution is 0.122. The molecule has 0 atom stereocenters. The fourth-order valence-corrected chi connectivity index (χ4v) is 5.14. The molecule has 0 radical (unpaired) electrons. The van der Waals surface area contributed by atoms with E-state index in [0.717, 1.165) is 54.5 Å². The molecule has 0 aliphatic carbocycles. The Hall–Kier alpha value is -4.49. The van der Waals surface area contributed by atoms with Gasteiger partial charge < -0.3 is 28.7 Å². The number of benzene rings is 4. The van der Waals surface area contributed by atoms with Crippen LogP contribution in [0.5, 0.6) is 17.2 Å². The van der Waals surface area contributed by atoms with Crippen LogP contribution in [0.25, 0.3) is 22.3 Å². The van der Waals surface area contributed by atoms with Crippen molar-refractivity contribution in [1.82, 2.24) is 4.90 Å². The molecule has 0 spiro atoms. The van der Waals surface area contributed by atoms with Gasteiger partial charge in [0, 0.05) is 31.9 Å². The van der Waals surface area contributed by atoms with Crippen molar-refractivity contribution in [3.05, 3.63) is 96.1 Å². The molecule has 5 rings (SSSR count). The highest BCUT2D eigenvalue weighted by Gasteiger charge is 2.15. The Labute approximate surface area is 261 Å². The molecule has 0 aromatic heterocycles. The van der Waals surface area contributed by atoms with Gasteiger partial charge in [-0.15, -0.1) is 0 Å². The van der Waals surface area contributed by atoms with Gasteiger partial charge in [-0.1, -0.05) is 36.4 Å². The average Bonchev–Trinajstić information content (AvgIpc) is 3.07. The molecule has 0 saturated carbocycles. The smallest absolute Gasteiger partial charge is 0.415 e. The van der Waals surface area contributed by atoms with Crippen LogP contribution in [0, 0.1) is 13.8 Å². The number of methoxy groups -OCH3 is 2. The summed E-state index contributed by atoms with van der Waals surface area (Å²) < 4.78 is 21.3. The van der Waals surface area contributed by atoms with Gasteiger partial charge in [0.15, 0.2) is 0 Å². The number of aryl methyl sites for hydroxylation is 2. The van der Waals surface area contributed by atoms with E-state index in [4.69, 9.17) is 18.9 Å². The Morgan fingerprint density at radius 2 is 1.18 bits per heavy atom. The van der Waals surface area contributed by atoms with E-state index in [0.29, 0.717) is 18.8 Å². The molecule has 1 aliphatic heterocycles. The SMILES string of the molecule is CCN(CC)C(=O)Oc1ccc(-c2ccc(OC)cc2)cc1C.COc1ccc(-c2ccc(N3CCOCC3)c(C)c2)cc1. The molecule has 0 unspecified atom stereocenters. The lowest BCUT2D eigenvalue weighted by atomic mass is 10.0. The van der Waals surface area contributed by atoms with Crippen LogP contribution >= 0.6 is 0 Å². The first-order valence-electron chi connectivity index (χ1n) is 15.2. The number of morpholine rings is 1. The molecule has 0 N–H and O–H groups in total. The molecular formula is C37H44N2O5. The fraction of sp³-hybridized carbons (Fsp3) is 0.324. The van der Waals surface area contributed by atoms with Gasteiger partial charge in [0.25, 0.3) is 0 Å². The molecule has 1 amide bonds. The first kappa shape index (κ1) is 32.4. The summed E-state index contributed by atoms with van der Waals surface area (Å²) in [6.45, 7) is 12.9. The van der Waals surface area contributed by atoms with Gasteiger partial charge in [0.2, 0.25) is 0 Å². The van der Waals surface area contributed by atoms with E-state index in [1.165, 1.54) is 22.4 Å². The van der Waals surface area contributed by atoms with Crippen molar-refractivity contribution in [2.75, 3.05) is 58.5 Å². The monoisotopic (exact) mass is 596 g/mol. The third-order valence-electron chi connectivity index (χ3n) is 7.79. The Morgan fingerprint density at radius 3 is 1.64 bits per heavy atom. The standard InChI is InChI=1S/C19H23NO3.C18H21NO2/c1-5-20(6-2)19(21)23-18-12-9-16(13-14(18)3)15-7-10-17(22-4)11-8-15;1-14-13-16(15-3-6-17(20-2)7-4-15)5-8-18(14)19-9-11-21-12-10-19/h7-13H,5-6H2,1-4H3;3-8,13H,9-12H2,1-2H3. The van der Waals surface area contributed by atoms with Crippen molar-refractivity contribution < 1.29 is 23.7 Å². The first-order valence-corrected chi connectivity index (χ1v) is 15.2. The predicted molar refractivity (Wildman–Crippen MR) is 178 cm³/mol. The van der Waals surface area contributed by atoms with Gasteiger partial charge in [-0.05, 0) is 110 Å². The van der Waals surface area contributed by atoms with Crippen LogP contribution in [0.4, 0.5) is 10.5 Å². The number of anilines is 1. The Morgan fingerprint density at radius 1 is 0.705 bits per heavy atom. The Balaban J connectivity index is 0.000000201. The van der Waals surface area contributed by atoms with Gasteiger partial charge in [0.05, 0.1) is 27.4 Å². The highest BCUT2D eigenvalue weighted by atomic mass is 16.6. The normalized spacial score (nSPS) is 12.5. The van der Waals surface area contributed by atoms with E-state index < -0.39 is 0 Å². The van der Waals surface area contributed by atoms with E-state index in [-0.39, 0.29) is 6.09 Å². The zero-order chi connectivity index (χ0) is 31.5. The number of ether oxygens (including phenoxy) is 4. The molecular weight excluding hydrogens is 552 g/mol. The van der Waals surface area contributed by atoms with Crippen LogP contribution in [0.1, 0.15) is 25.0 Å². The maximum absolute atomic E-state index is 12.0. The molecule has 4 aromatic carbocycles. The lowest BCUT2D eigenvalue weighted by Crippen LogP contribution is -2.36. The van der Waals surface area contributed by atoms with Crippen LogP contribution in [-0.2, 0) is 4.74 Å². The van der Waals surface area contributed by atoms with E-state index >= 15 is 0 Å². The summed E-state index contributed by atoms with van der Waals surface area (Å²) in [5.41, 5.74) is 8.18. The first-order chi connectivity index (χ1) is 21.4. The number of carbonyl (C=O) groups excluding carboxylic acids is 1. The Bertz CT molecular complexity index is 1490. The summed E-state index contributed by atoms with van der Waals surface area (Å²) in [6.07, 6.45) is -0.310. The summed E-state index contributed by atoms with van der Waals surface area (Å²) in [6, 6.07) is 28.6.